The Morgan fingerprint density at radius 1 is 0.966 bits per heavy atom. The molecule has 0 atom stereocenters. The number of halogens is 1. The Bertz CT molecular complexity index is 942. The predicted octanol–water partition coefficient (Wildman–Crippen LogP) is 3.76. The first-order valence-corrected chi connectivity index (χ1v) is 9.21. The number of anilines is 1. The van der Waals surface area contributed by atoms with E-state index < -0.39 is 0 Å². The van der Waals surface area contributed by atoms with Gasteiger partial charge in [0.05, 0.1) is 12.8 Å². The molecular formula is C21H19ClN2O5. The number of ether oxygens (including phenoxy) is 2. The number of nitrogens with one attached hydrogen (secondary N) is 2. The van der Waals surface area contributed by atoms with Gasteiger partial charge < -0.3 is 24.5 Å². The van der Waals surface area contributed by atoms with Gasteiger partial charge in [0, 0.05) is 16.8 Å². The van der Waals surface area contributed by atoms with E-state index in [1.54, 1.807) is 60.7 Å². The first kappa shape index (κ1) is 20.3. The Kier molecular flexibility index (Phi) is 7.13. The van der Waals surface area contributed by atoms with Crippen molar-refractivity contribution in [1.82, 2.24) is 5.32 Å². The van der Waals surface area contributed by atoms with E-state index in [4.69, 9.17) is 25.5 Å². The normalized spacial score (nSPS) is 10.2. The predicted molar refractivity (Wildman–Crippen MR) is 109 cm³/mol. The molecule has 0 aliphatic rings. The fraction of sp³-hybridized carbons (Fsp3) is 0.143. The second-order valence-electron chi connectivity index (χ2n) is 5.90. The van der Waals surface area contributed by atoms with Crippen LogP contribution in [0.3, 0.4) is 0 Å². The van der Waals surface area contributed by atoms with Crippen molar-refractivity contribution >= 4 is 29.1 Å². The van der Waals surface area contributed by atoms with Gasteiger partial charge in [-0.05, 0) is 48.5 Å². The Morgan fingerprint density at radius 3 is 2.55 bits per heavy atom. The van der Waals surface area contributed by atoms with Crippen LogP contribution in [0.25, 0.3) is 0 Å². The summed E-state index contributed by atoms with van der Waals surface area (Å²) in [7, 11) is 0. The molecular weight excluding hydrogens is 396 g/mol. The zero-order valence-electron chi connectivity index (χ0n) is 15.4. The van der Waals surface area contributed by atoms with Crippen molar-refractivity contribution in [2.75, 3.05) is 25.1 Å². The van der Waals surface area contributed by atoms with Gasteiger partial charge in [0.25, 0.3) is 11.8 Å². The molecule has 2 aromatic carbocycles. The van der Waals surface area contributed by atoms with Crippen LogP contribution in [0.5, 0.6) is 11.5 Å². The molecule has 0 saturated carbocycles. The number of hydrogen-bond acceptors (Lipinski definition) is 5. The number of carbonyl (C=O) groups is 2. The van der Waals surface area contributed by atoms with Gasteiger partial charge in [-0.25, -0.2) is 0 Å². The lowest BCUT2D eigenvalue weighted by Gasteiger charge is -2.10. The molecule has 1 aromatic heterocycles. The van der Waals surface area contributed by atoms with Gasteiger partial charge in [0.15, 0.2) is 12.4 Å². The number of carbonyl (C=O) groups excluding carboxylic acids is 2. The van der Waals surface area contributed by atoms with E-state index in [1.807, 2.05) is 0 Å². The molecule has 2 amide bonds. The van der Waals surface area contributed by atoms with Crippen LogP contribution < -0.4 is 20.1 Å². The molecule has 1 heterocycles. The Labute approximate surface area is 172 Å². The quantitative estimate of drug-likeness (QED) is 0.520. The summed E-state index contributed by atoms with van der Waals surface area (Å²) in [5, 5.41) is 6.03. The minimum absolute atomic E-state index is 0.156. The molecule has 29 heavy (non-hydrogen) atoms. The molecule has 0 bridgehead atoms. The molecule has 8 heteroatoms. The highest BCUT2D eigenvalue weighted by atomic mass is 35.5. The maximum atomic E-state index is 12.0. The van der Waals surface area contributed by atoms with Crippen molar-refractivity contribution in [2.45, 2.75) is 0 Å². The zero-order chi connectivity index (χ0) is 20.5. The molecule has 150 valence electrons. The molecule has 0 aliphatic carbocycles. The average molecular weight is 415 g/mol. The van der Waals surface area contributed by atoms with E-state index in [0.717, 1.165) is 0 Å². The van der Waals surface area contributed by atoms with Crippen LogP contribution in [0.15, 0.2) is 71.3 Å². The highest BCUT2D eigenvalue weighted by Gasteiger charge is 2.09. The number of amides is 2. The third-order valence-electron chi connectivity index (χ3n) is 3.71. The zero-order valence-corrected chi connectivity index (χ0v) is 16.1. The molecule has 0 radical (unpaired) electrons. The van der Waals surface area contributed by atoms with Crippen molar-refractivity contribution in [3.8, 4) is 11.5 Å². The maximum absolute atomic E-state index is 12.0. The monoisotopic (exact) mass is 414 g/mol. The molecule has 3 aromatic rings. The molecule has 3 rings (SSSR count). The summed E-state index contributed by atoms with van der Waals surface area (Å²) in [4.78, 5) is 23.9. The van der Waals surface area contributed by atoms with Crippen LogP contribution >= 0.6 is 11.6 Å². The lowest BCUT2D eigenvalue weighted by atomic mass is 10.3. The SMILES string of the molecule is O=C(COc1cccc(NC(=O)c2ccco2)c1)NCCOc1ccc(Cl)cc1. The number of benzene rings is 2. The smallest absolute Gasteiger partial charge is 0.291 e. The van der Waals surface area contributed by atoms with Crippen molar-refractivity contribution in [3.63, 3.8) is 0 Å². The molecule has 2 N–H and O–H groups in total. The van der Waals surface area contributed by atoms with Crippen LogP contribution in [0.2, 0.25) is 5.02 Å². The summed E-state index contributed by atoms with van der Waals surface area (Å²) in [5.41, 5.74) is 0.528. The Morgan fingerprint density at radius 2 is 1.79 bits per heavy atom. The average Bonchev–Trinajstić information content (AvgIpc) is 3.26. The lowest BCUT2D eigenvalue weighted by Crippen LogP contribution is -2.32. The van der Waals surface area contributed by atoms with Crippen LogP contribution in [-0.4, -0.2) is 31.6 Å². The summed E-state index contributed by atoms with van der Waals surface area (Å²) in [6.45, 7) is 0.502. The van der Waals surface area contributed by atoms with Gasteiger partial charge in [-0.15, -0.1) is 0 Å². The summed E-state index contributed by atoms with van der Waals surface area (Å²) in [6.07, 6.45) is 1.42. The summed E-state index contributed by atoms with van der Waals surface area (Å²) < 4.78 is 16.0. The molecule has 0 aliphatic heterocycles. The highest BCUT2D eigenvalue weighted by molar-refractivity contribution is 6.30. The third-order valence-corrected chi connectivity index (χ3v) is 3.97. The van der Waals surface area contributed by atoms with E-state index >= 15 is 0 Å². The fourth-order valence-electron chi connectivity index (χ4n) is 2.35. The van der Waals surface area contributed by atoms with Crippen LogP contribution in [-0.2, 0) is 4.79 Å². The van der Waals surface area contributed by atoms with E-state index in [-0.39, 0.29) is 24.2 Å². The summed E-state index contributed by atoms with van der Waals surface area (Å²) in [6, 6.07) is 16.9. The minimum atomic E-state index is -0.370. The molecule has 0 fully saturated rings. The van der Waals surface area contributed by atoms with E-state index in [0.29, 0.717) is 35.4 Å². The van der Waals surface area contributed by atoms with Gasteiger partial charge in [-0.2, -0.15) is 0 Å². The number of furan rings is 1. The van der Waals surface area contributed by atoms with E-state index in [9.17, 15) is 9.59 Å². The van der Waals surface area contributed by atoms with Crippen LogP contribution in [0.4, 0.5) is 5.69 Å². The van der Waals surface area contributed by atoms with Gasteiger partial charge >= 0.3 is 0 Å². The van der Waals surface area contributed by atoms with Gasteiger partial charge in [-0.3, -0.25) is 9.59 Å². The largest absolute Gasteiger partial charge is 0.492 e. The van der Waals surface area contributed by atoms with Crippen molar-refractivity contribution in [1.29, 1.82) is 0 Å². The first-order valence-electron chi connectivity index (χ1n) is 8.83. The van der Waals surface area contributed by atoms with Gasteiger partial charge in [0.1, 0.15) is 18.1 Å². The van der Waals surface area contributed by atoms with Gasteiger partial charge in [0.2, 0.25) is 0 Å². The Hall–Kier alpha value is -3.45. The topological polar surface area (TPSA) is 89.8 Å². The van der Waals surface area contributed by atoms with E-state index in [1.165, 1.54) is 6.26 Å². The molecule has 0 unspecified atom stereocenters. The van der Waals surface area contributed by atoms with Gasteiger partial charge in [-0.1, -0.05) is 17.7 Å². The third kappa shape index (κ3) is 6.58. The lowest BCUT2D eigenvalue weighted by molar-refractivity contribution is -0.123. The van der Waals surface area contributed by atoms with Crippen molar-refractivity contribution < 1.29 is 23.5 Å². The van der Waals surface area contributed by atoms with Crippen LogP contribution in [0.1, 0.15) is 10.6 Å². The van der Waals surface area contributed by atoms with Crippen LogP contribution in [0, 0.1) is 0 Å². The number of rotatable bonds is 9. The minimum Gasteiger partial charge on any atom is -0.492 e. The van der Waals surface area contributed by atoms with Crippen molar-refractivity contribution in [3.05, 3.63) is 77.7 Å². The second-order valence-corrected chi connectivity index (χ2v) is 6.34. The number of hydrogen-bond donors (Lipinski definition) is 2. The highest BCUT2D eigenvalue weighted by Crippen LogP contribution is 2.18. The fourth-order valence-corrected chi connectivity index (χ4v) is 2.48. The maximum Gasteiger partial charge on any atom is 0.291 e. The molecule has 0 spiro atoms. The summed E-state index contributed by atoms with van der Waals surface area (Å²) in [5.74, 6) is 0.681. The molecule has 7 nitrogen and oxygen atoms in total. The Balaban J connectivity index is 1.38. The summed E-state index contributed by atoms with van der Waals surface area (Å²) >= 11 is 5.81. The van der Waals surface area contributed by atoms with E-state index in [2.05, 4.69) is 10.6 Å². The first-order chi connectivity index (χ1) is 14.1. The second kappa shape index (κ2) is 10.2. The van der Waals surface area contributed by atoms with Crippen molar-refractivity contribution in [2.24, 2.45) is 0 Å². The standard InChI is InChI=1S/C21H19ClN2O5/c22-15-6-8-17(9-7-15)27-12-10-23-20(25)14-29-18-4-1-3-16(13-18)24-21(26)19-5-2-11-28-19/h1-9,11,13H,10,12,14H2,(H,23,25)(H,24,26). The molecule has 0 saturated heterocycles.